The molecular weight excluding hydrogens is 472 g/mol. The molecule has 0 spiro atoms. The molecule has 1 heterocycles. The highest BCUT2D eigenvalue weighted by Crippen LogP contribution is 2.60. The number of hydrogen-bond acceptors (Lipinski definition) is 4. The van der Waals surface area contributed by atoms with E-state index in [1.807, 2.05) is 0 Å². The van der Waals surface area contributed by atoms with Gasteiger partial charge in [-0.05, 0) is 104 Å². The van der Waals surface area contributed by atoms with Crippen LogP contribution in [0.1, 0.15) is 96.5 Å². The van der Waals surface area contributed by atoms with Gasteiger partial charge in [-0.25, -0.2) is 0 Å². The topological polar surface area (TPSA) is 73.8 Å². The van der Waals surface area contributed by atoms with Gasteiger partial charge >= 0.3 is 0 Å². The van der Waals surface area contributed by atoms with Crippen molar-refractivity contribution in [2.75, 3.05) is 0 Å². The number of aryl methyl sites for hydroxylation is 1. The zero-order chi connectivity index (χ0) is 27.1. The van der Waals surface area contributed by atoms with Crippen molar-refractivity contribution in [2.45, 2.75) is 115 Å². The van der Waals surface area contributed by atoms with E-state index in [0.29, 0.717) is 30.6 Å². The van der Waals surface area contributed by atoms with E-state index < -0.39 is 18.3 Å². The molecule has 208 valence electrons. The highest BCUT2D eigenvalue weighted by atomic mass is 16.3. The van der Waals surface area contributed by atoms with Gasteiger partial charge < -0.3 is 19.7 Å². The maximum absolute atomic E-state index is 11.2. The molecule has 4 aliphatic carbocycles. The first-order chi connectivity index (χ1) is 18.2. The third-order valence-electron chi connectivity index (χ3n) is 10.5. The molecule has 0 bridgehead atoms. The maximum atomic E-state index is 11.2. The summed E-state index contributed by atoms with van der Waals surface area (Å²) in [5, 5.41) is 31.6. The first-order valence-corrected chi connectivity index (χ1v) is 15.1. The molecule has 4 heteroatoms. The van der Waals surface area contributed by atoms with Gasteiger partial charge in [0.2, 0.25) is 0 Å². The fraction of sp³-hybridized carbons (Fsp3) is 0.647. The lowest BCUT2D eigenvalue weighted by molar-refractivity contribution is 0.0862. The highest BCUT2D eigenvalue weighted by Gasteiger charge is 2.53. The molecule has 4 fully saturated rings. The Balaban J connectivity index is 1.27. The molecule has 0 unspecified atom stereocenters. The molecule has 0 radical (unpaired) electrons. The van der Waals surface area contributed by atoms with Crippen molar-refractivity contribution in [3.8, 4) is 0 Å². The normalized spacial score (nSPS) is 36.6. The van der Waals surface area contributed by atoms with E-state index in [1.54, 1.807) is 0 Å². The molecule has 3 N–H and O–H groups in total. The molecule has 4 nitrogen and oxygen atoms in total. The average molecular weight is 521 g/mol. The van der Waals surface area contributed by atoms with Crippen LogP contribution in [0.25, 0.3) is 0 Å². The summed E-state index contributed by atoms with van der Waals surface area (Å²) in [5.41, 5.74) is 3.29. The van der Waals surface area contributed by atoms with Crippen molar-refractivity contribution < 1.29 is 19.7 Å². The Bertz CT molecular complexity index is 1100. The highest BCUT2D eigenvalue weighted by molar-refractivity contribution is 5.39. The van der Waals surface area contributed by atoms with Crippen LogP contribution < -0.4 is 0 Å². The zero-order valence-electron chi connectivity index (χ0n) is 23.7. The van der Waals surface area contributed by atoms with Crippen LogP contribution in [0.15, 0.2) is 64.2 Å². The van der Waals surface area contributed by atoms with Crippen molar-refractivity contribution in [2.24, 2.45) is 23.2 Å². The van der Waals surface area contributed by atoms with E-state index in [1.165, 1.54) is 31.3 Å². The minimum Gasteiger partial charge on any atom is -0.465 e. The van der Waals surface area contributed by atoms with E-state index >= 15 is 0 Å². The molecule has 38 heavy (non-hydrogen) atoms. The molecule has 0 amide bonds. The lowest BCUT2D eigenvalue weighted by atomic mass is 9.61. The fourth-order valence-electron chi connectivity index (χ4n) is 8.06. The Morgan fingerprint density at radius 1 is 1.13 bits per heavy atom. The number of furan rings is 1. The average Bonchev–Trinajstić information content (AvgIpc) is 3.42. The van der Waals surface area contributed by atoms with Gasteiger partial charge in [-0.2, -0.15) is 0 Å². The molecular formula is C34H48O4. The van der Waals surface area contributed by atoms with Gasteiger partial charge in [0.05, 0.1) is 23.7 Å². The Hall–Kier alpha value is -1.88. The summed E-state index contributed by atoms with van der Waals surface area (Å²) < 4.78 is 6.12. The second-order valence-electron chi connectivity index (χ2n) is 13.0. The molecule has 1 aromatic rings. The summed E-state index contributed by atoms with van der Waals surface area (Å²) in [6.07, 6.45) is 18.1. The summed E-state index contributed by atoms with van der Waals surface area (Å²) in [6, 6.07) is 4.16. The lowest BCUT2D eigenvalue weighted by Crippen LogP contribution is -2.35. The zero-order valence-corrected chi connectivity index (χ0v) is 23.7. The second kappa shape index (κ2) is 10.9. The van der Waals surface area contributed by atoms with Gasteiger partial charge in [0.1, 0.15) is 11.5 Å². The Morgan fingerprint density at radius 2 is 1.92 bits per heavy atom. The van der Waals surface area contributed by atoms with E-state index in [0.717, 1.165) is 54.8 Å². The quantitative estimate of drug-likeness (QED) is 0.324. The number of fused-ring (bicyclic) bond motifs is 1. The summed E-state index contributed by atoms with van der Waals surface area (Å²) >= 11 is 0. The number of hydrogen-bond donors (Lipinski definition) is 3. The van der Waals surface area contributed by atoms with Crippen molar-refractivity contribution in [3.05, 3.63) is 71.3 Å². The molecule has 4 saturated carbocycles. The summed E-state index contributed by atoms with van der Waals surface area (Å²) in [7, 11) is 0. The van der Waals surface area contributed by atoms with Crippen LogP contribution in [-0.2, 0) is 11.8 Å². The van der Waals surface area contributed by atoms with Crippen molar-refractivity contribution in [3.63, 3.8) is 0 Å². The number of allylic oxidation sites excluding steroid dienone is 4. The largest absolute Gasteiger partial charge is 0.465 e. The van der Waals surface area contributed by atoms with Crippen molar-refractivity contribution in [1.29, 1.82) is 0 Å². The van der Waals surface area contributed by atoms with Gasteiger partial charge in [0.25, 0.3) is 0 Å². The minimum absolute atomic E-state index is 0.233. The van der Waals surface area contributed by atoms with Crippen LogP contribution in [0.2, 0.25) is 0 Å². The van der Waals surface area contributed by atoms with Crippen molar-refractivity contribution in [1.82, 2.24) is 0 Å². The van der Waals surface area contributed by atoms with Gasteiger partial charge in [-0.15, -0.1) is 0 Å². The minimum atomic E-state index is -0.639. The third kappa shape index (κ3) is 5.17. The van der Waals surface area contributed by atoms with Gasteiger partial charge in [-0.3, -0.25) is 0 Å². The molecule has 0 aliphatic heterocycles. The molecule has 1 aromatic heterocycles. The summed E-state index contributed by atoms with van der Waals surface area (Å²) in [5.74, 6) is 3.55. The van der Waals surface area contributed by atoms with Crippen LogP contribution in [0.3, 0.4) is 0 Å². The van der Waals surface area contributed by atoms with Gasteiger partial charge in [0.15, 0.2) is 0 Å². The first kappa shape index (κ1) is 27.7. The predicted octanol–water partition coefficient (Wildman–Crippen LogP) is 6.96. The van der Waals surface area contributed by atoms with Crippen molar-refractivity contribution >= 4 is 0 Å². The van der Waals surface area contributed by atoms with Gasteiger partial charge in [0, 0.05) is 12.8 Å². The van der Waals surface area contributed by atoms with Crippen LogP contribution >= 0.6 is 0 Å². The third-order valence-corrected chi connectivity index (χ3v) is 10.5. The second-order valence-corrected chi connectivity index (χ2v) is 13.0. The predicted molar refractivity (Wildman–Crippen MR) is 153 cm³/mol. The van der Waals surface area contributed by atoms with Gasteiger partial charge in [-0.1, -0.05) is 57.2 Å². The summed E-state index contributed by atoms with van der Waals surface area (Å²) in [4.78, 5) is 0. The molecule has 7 atom stereocenters. The SMILES string of the molecule is C=C1C(=CC=C2CCC[C@]3(C)[C@@H]([C@H](C)C=C[C@@H](O)C4(c5ccc(CCC)o5)CC4)CC[C@@H]23)C[C@@H](O)C[C@@H]1O. The Labute approximate surface area is 229 Å². The number of aliphatic hydroxyl groups excluding tert-OH is 3. The Morgan fingerprint density at radius 3 is 2.66 bits per heavy atom. The standard InChI is InChI=1S/C34H48O4/c1-5-7-27-12-16-32(38-27)34(18-19-34)31(37)15-9-22(2)28-13-14-29-24(8-6-17-33(28,29)4)10-11-25-20-26(35)21-30(36)23(25)3/h9-12,15-16,22,26,28-31,35-37H,3,5-8,13-14,17-21H2,1-2,4H3/t22-,26-,28-,29+,30+,31-,33-/m1/s1. The molecule has 0 aromatic carbocycles. The smallest absolute Gasteiger partial charge is 0.113 e. The monoisotopic (exact) mass is 520 g/mol. The van der Waals surface area contributed by atoms with E-state index in [-0.39, 0.29) is 10.8 Å². The number of rotatable bonds is 8. The number of aliphatic hydroxyl groups is 3. The maximum Gasteiger partial charge on any atom is 0.113 e. The van der Waals surface area contributed by atoms with Crippen LogP contribution in [0, 0.1) is 23.2 Å². The lowest BCUT2D eigenvalue weighted by Gasteiger charge is -2.44. The Kier molecular flexibility index (Phi) is 7.97. The van der Waals surface area contributed by atoms with E-state index in [9.17, 15) is 15.3 Å². The van der Waals surface area contributed by atoms with Crippen LogP contribution in [0.4, 0.5) is 0 Å². The van der Waals surface area contributed by atoms with E-state index in [4.69, 9.17) is 4.42 Å². The summed E-state index contributed by atoms with van der Waals surface area (Å²) in [6.45, 7) is 11.1. The molecule has 4 aliphatic rings. The molecule has 5 rings (SSSR count). The fourth-order valence-corrected chi connectivity index (χ4v) is 8.06. The van der Waals surface area contributed by atoms with Crippen LogP contribution in [0.5, 0.6) is 0 Å². The van der Waals surface area contributed by atoms with E-state index in [2.05, 4.69) is 63.8 Å². The first-order valence-electron chi connectivity index (χ1n) is 15.1. The molecule has 0 saturated heterocycles. The van der Waals surface area contributed by atoms with Crippen LogP contribution in [-0.4, -0.2) is 33.6 Å².